The van der Waals surface area contributed by atoms with Crippen molar-refractivity contribution in [3.05, 3.63) is 151 Å². The molecule has 0 spiro atoms. The Morgan fingerprint density at radius 1 is 0.514 bits per heavy atom. The fourth-order valence-electron chi connectivity index (χ4n) is 4.64. The summed E-state index contributed by atoms with van der Waals surface area (Å²) in [5, 5.41) is 14.4. The molecule has 3 heteroatoms. The third-order valence-electron chi connectivity index (χ3n) is 6.15. The summed E-state index contributed by atoms with van der Waals surface area (Å²) in [6, 6.07) is 52.0. The van der Waals surface area contributed by atoms with Crippen molar-refractivity contribution in [3.8, 4) is 17.6 Å². The molecule has 0 bridgehead atoms. The molecule has 168 valence electrons. The molecule has 35 heavy (non-hydrogen) atoms. The van der Waals surface area contributed by atoms with E-state index in [0.29, 0.717) is 0 Å². The van der Waals surface area contributed by atoms with E-state index < -0.39 is 12.9 Å². The molecule has 0 aromatic heterocycles. The molecule has 0 aliphatic heterocycles. The van der Waals surface area contributed by atoms with Gasteiger partial charge in [0.05, 0.1) is 0 Å². The second-order valence-electron chi connectivity index (χ2n) is 8.25. The van der Waals surface area contributed by atoms with Crippen LogP contribution < -0.4 is 20.7 Å². The standard InChI is InChI=1S/C32H25NOP/c33-25-32(26-14-13-17-28(24-26)34-27-15-5-1-6-16-27)35(29-18-7-2-8-19-29,30-20-9-3-10-21-30)31-22-11-4-12-23-31/h1-24,32H/q+1. The molecule has 0 aliphatic carbocycles. The van der Waals surface area contributed by atoms with Gasteiger partial charge in [-0.15, -0.1) is 0 Å². The van der Waals surface area contributed by atoms with Crippen molar-refractivity contribution in [1.29, 1.82) is 5.26 Å². The highest BCUT2D eigenvalue weighted by atomic mass is 31.2. The van der Waals surface area contributed by atoms with Gasteiger partial charge in [0.1, 0.15) is 40.7 Å². The van der Waals surface area contributed by atoms with Gasteiger partial charge in [-0.1, -0.05) is 84.9 Å². The van der Waals surface area contributed by atoms with Crippen molar-refractivity contribution in [2.24, 2.45) is 0 Å². The molecule has 1 atom stereocenters. The molecule has 0 radical (unpaired) electrons. The molecule has 0 fully saturated rings. The lowest BCUT2D eigenvalue weighted by atomic mass is 10.1. The Morgan fingerprint density at radius 3 is 1.40 bits per heavy atom. The molecule has 5 aromatic rings. The predicted molar refractivity (Wildman–Crippen MR) is 146 cm³/mol. The zero-order chi connectivity index (χ0) is 23.9. The van der Waals surface area contributed by atoms with E-state index in [9.17, 15) is 5.26 Å². The van der Waals surface area contributed by atoms with Crippen LogP contribution in [-0.4, -0.2) is 0 Å². The number of rotatable bonds is 7. The minimum Gasteiger partial charge on any atom is -0.457 e. The number of hydrogen-bond donors (Lipinski definition) is 0. The van der Waals surface area contributed by atoms with E-state index in [1.165, 1.54) is 15.9 Å². The van der Waals surface area contributed by atoms with Gasteiger partial charge in [0, 0.05) is 5.56 Å². The van der Waals surface area contributed by atoms with Gasteiger partial charge < -0.3 is 4.74 Å². The molecular formula is C32H25NOP+. The number of benzene rings is 5. The molecule has 0 saturated heterocycles. The summed E-state index contributed by atoms with van der Waals surface area (Å²) in [4.78, 5) is 0. The Balaban J connectivity index is 1.74. The zero-order valence-corrected chi connectivity index (χ0v) is 20.1. The first-order chi connectivity index (χ1) is 17.3. The summed E-state index contributed by atoms with van der Waals surface area (Å²) >= 11 is 0. The summed E-state index contributed by atoms with van der Waals surface area (Å²) in [6.07, 6.45) is 0. The number of para-hydroxylation sites is 1. The lowest BCUT2D eigenvalue weighted by Crippen LogP contribution is -2.34. The van der Waals surface area contributed by atoms with Gasteiger partial charge in [0.2, 0.25) is 0 Å². The van der Waals surface area contributed by atoms with Crippen LogP contribution in [0.5, 0.6) is 11.5 Å². The van der Waals surface area contributed by atoms with Gasteiger partial charge in [-0.2, -0.15) is 5.26 Å². The summed E-state index contributed by atoms with van der Waals surface area (Å²) in [5.41, 5.74) is 0.555. The Labute approximate surface area is 207 Å². The normalized spacial score (nSPS) is 11.9. The molecule has 5 aromatic carbocycles. The first kappa shape index (κ1) is 22.6. The van der Waals surface area contributed by atoms with E-state index in [4.69, 9.17) is 4.74 Å². The second-order valence-corrected chi connectivity index (χ2v) is 11.8. The van der Waals surface area contributed by atoms with Gasteiger partial charge >= 0.3 is 0 Å². The van der Waals surface area contributed by atoms with E-state index in [-0.39, 0.29) is 0 Å². The Bertz CT molecular complexity index is 1320. The van der Waals surface area contributed by atoms with Crippen molar-refractivity contribution >= 4 is 23.2 Å². The van der Waals surface area contributed by atoms with E-state index >= 15 is 0 Å². The smallest absolute Gasteiger partial charge is 0.193 e. The minimum atomic E-state index is -2.40. The number of nitriles is 1. The monoisotopic (exact) mass is 470 g/mol. The zero-order valence-electron chi connectivity index (χ0n) is 19.2. The third kappa shape index (κ3) is 4.47. The number of ether oxygens (including phenoxy) is 1. The highest BCUT2D eigenvalue weighted by molar-refractivity contribution is 7.96. The predicted octanol–water partition coefficient (Wildman–Crippen LogP) is 7.04. The van der Waals surface area contributed by atoms with Crippen LogP contribution in [-0.2, 0) is 0 Å². The molecule has 1 unspecified atom stereocenters. The SMILES string of the molecule is N#CC(c1cccc(Oc2ccccc2)c1)[P+](c1ccccc1)(c1ccccc1)c1ccccc1. The average molecular weight is 471 g/mol. The molecule has 0 aliphatic rings. The molecule has 0 N–H and O–H groups in total. The van der Waals surface area contributed by atoms with Crippen molar-refractivity contribution in [2.75, 3.05) is 0 Å². The van der Waals surface area contributed by atoms with Gasteiger partial charge in [-0.05, 0) is 60.7 Å². The largest absolute Gasteiger partial charge is 0.457 e. The summed E-state index contributed by atoms with van der Waals surface area (Å²) in [5.74, 6) is 1.50. The number of nitrogens with zero attached hydrogens (tertiary/aromatic N) is 1. The Morgan fingerprint density at radius 2 is 0.943 bits per heavy atom. The fraction of sp³-hybridized carbons (Fsp3) is 0.0312. The van der Waals surface area contributed by atoms with Crippen molar-refractivity contribution in [3.63, 3.8) is 0 Å². The van der Waals surface area contributed by atoms with Crippen LogP contribution >= 0.6 is 7.26 Å². The van der Waals surface area contributed by atoms with E-state index in [1.54, 1.807) is 0 Å². The van der Waals surface area contributed by atoms with Crippen LogP contribution in [0.1, 0.15) is 11.2 Å². The third-order valence-corrected chi connectivity index (χ3v) is 10.7. The maximum Gasteiger partial charge on any atom is 0.193 e. The molecule has 0 amide bonds. The molecule has 0 saturated carbocycles. The van der Waals surface area contributed by atoms with Gasteiger partial charge in [-0.3, -0.25) is 0 Å². The van der Waals surface area contributed by atoms with E-state index in [0.717, 1.165) is 17.1 Å². The van der Waals surface area contributed by atoms with Crippen molar-refractivity contribution < 1.29 is 4.74 Å². The van der Waals surface area contributed by atoms with Gasteiger partial charge in [0.15, 0.2) is 5.66 Å². The molecule has 5 rings (SSSR count). The maximum atomic E-state index is 10.8. The van der Waals surface area contributed by atoms with Gasteiger partial charge in [0.25, 0.3) is 0 Å². The van der Waals surface area contributed by atoms with Crippen LogP contribution in [0.3, 0.4) is 0 Å². The van der Waals surface area contributed by atoms with Gasteiger partial charge in [-0.25, -0.2) is 0 Å². The second kappa shape index (κ2) is 10.4. The van der Waals surface area contributed by atoms with Crippen LogP contribution in [0.25, 0.3) is 0 Å². The maximum absolute atomic E-state index is 10.8. The summed E-state index contributed by atoms with van der Waals surface area (Å²) in [7, 11) is -2.40. The topological polar surface area (TPSA) is 33.0 Å². The lowest BCUT2D eigenvalue weighted by Gasteiger charge is -2.31. The Kier molecular flexibility index (Phi) is 6.71. The van der Waals surface area contributed by atoms with Crippen LogP contribution in [0, 0.1) is 11.3 Å². The summed E-state index contributed by atoms with van der Waals surface area (Å²) in [6.45, 7) is 0. The molecule has 2 nitrogen and oxygen atoms in total. The molecular weight excluding hydrogens is 445 g/mol. The van der Waals surface area contributed by atoms with E-state index in [2.05, 4.69) is 84.9 Å². The quantitative estimate of drug-likeness (QED) is 0.239. The van der Waals surface area contributed by atoms with Crippen molar-refractivity contribution in [1.82, 2.24) is 0 Å². The average Bonchev–Trinajstić information content (AvgIpc) is 2.94. The van der Waals surface area contributed by atoms with Crippen LogP contribution in [0.15, 0.2) is 146 Å². The first-order valence-electron chi connectivity index (χ1n) is 11.6. The highest BCUT2D eigenvalue weighted by Gasteiger charge is 2.53. The highest BCUT2D eigenvalue weighted by Crippen LogP contribution is 2.66. The summed E-state index contributed by atoms with van der Waals surface area (Å²) < 4.78 is 6.15. The fourth-order valence-corrected chi connectivity index (χ4v) is 9.14. The Hall–Kier alpha value is -4.18. The van der Waals surface area contributed by atoms with E-state index in [1.807, 2.05) is 66.7 Å². The van der Waals surface area contributed by atoms with Crippen LogP contribution in [0.4, 0.5) is 0 Å². The first-order valence-corrected chi connectivity index (χ1v) is 13.5. The van der Waals surface area contributed by atoms with Crippen LogP contribution in [0.2, 0.25) is 0 Å². The minimum absolute atomic E-state index is 0.394. The van der Waals surface area contributed by atoms with Crippen molar-refractivity contribution in [2.45, 2.75) is 5.66 Å². The molecule has 0 heterocycles. The number of hydrogen-bond acceptors (Lipinski definition) is 2. The lowest BCUT2D eigenvalue weighted by molar-refractivity contribution is 0.482.